The molecule has 0 bridgehead atoms. The first-order chi connectivity index (χ1) is 17.2. The van der Waals surface area contributed by atoms with Crippen LogP contribution in [0.4, 0.5) is 0 Å². The second-order valence-corrected chi connectivity index (χ2v) is 8.81. The number of amides is 1. The Labute approximate surface area is 209 Å². The van der Waals surface area contributed by atoms with E-state index in [0.717, 1.165) is 33.7 Å². The summed E-state index contributed by atoms with van der Waals surface area (Å²) in [4.78, 5) is 23.0. The van der Waals surface area contributed by atoms with Gasteiger partial charge in [0.1, 0.15) is 11.9 Å². The van der Waals surface area contributed by atoms with Crippen LogP contribution >= 0.6 is 11.6 Å². The molecule has 0 aliphatic carbocycles. The van der Waals surface area contributed by atoms with Crippen molar-refractivity contribution in [3.63, 3.8) is 0 Å². The molecule has 5 aromatic rings. The number of carbonyl (C=O) groups excluding carboxylic acids is 1. The third-order valence-corrected chi connectivity index (χ3v) is 6.18. The van der Waals surface area contributed by atoms with Gasteiger partial charge in [-0.15, -0.1) is 0 Å². The maximum atomic E-state index is 13.7. The first kappa shape index (κ1) is 22.8. The van der Waals surface area contributed by atoms with Gasteiger partial charge in [0, 0.05) is 36.3 Å². The minimum absolute atomic E-state index is 0.0809. The lowest BCUT2D eigenvalue weighted by atomic mass is 10.0. The maximum absolute atomic E-state index is 13.7. The second-order valence-electron chi connectivity index (χ2n) is 8.37. The van der Waals surface area contributed by atoms with Gasteiger partial charge in [-0.05, 0) is 47.5 Å². The first-order valence-electron chi connectivity index (χ1n) is 11.6. The summed E-state index contributed by atoms with van der Waals surface area (Å²) in [7, 11) is 0. The van der Waals surface area contributed by atoms with Crippen LogP contribution in [-0.4, -0.2) is 27.0 Å². The standard InChI is InChI=1S/C29H25ClN4O/c30-23-12-8-9-21(19-23)20-27-33-25-14-4-5-15-26(25)34(27)28(22-10-2-1-3-11-22)29(35)32-18-16-24-13-6-7-17-31-24/h1-15,17,19,28H,16,18,20H2,(H,32,35)/t28-/m1/s1. The Kier molecular flexibility index (Phi) is 6.87. The van der Waals surface area contributed by atoms with Gasteiger partial charge < -0.3 is 9.88 Å². The summed E-state index contributed by atoms with van der Waals surface area (Å²) >= 11 is 6.25. The van der Waals surface area contributed by atoms with Gasteiger partial charge in [-0.1, -0.05) is 72.3 Å². The fourth-order valence-corrected chi connectivity index (χ4v) is 4.56. The number of rotatable bonds is 8. The van der Waals surface area contributed by atoms with E-state index in [-0.39, 0.29) is 5.91 Å². The molecule has 0 saturated heterocycles. The Bertz CT molecular complexity index is 1430. The third-order valence-electron chi connectivity index (χ3n) is 5.95. The molecule has 5 nitrogen and oxygen atoms in total. The Hall–Kier alpha value is -3.96. The van der Waals surface area contributed by atoms with E-state index in [4.69, 9.17) is 16.6 Å². The smallest absolute Gasteiger partial charge is 0.247 e. The summed E-state index contributed by atoms with van der Waals surface area (Å²) in [6, 6.07) is 30.8. The molecule has 0 radical (unpaired) electrons. The number of para-hydroxylation sites is 2. The number of hydrogen-bond acceptors (Lipinski definition) is 3. The fourth-order valence-electron chi connectivity index (χ4n) is 4.35. The lowest BCUT2D eigenvalue weighted by molar-refractivity contribution is -0.123. The van der Waals surface area contributed by atoms with Crippen LogP contribution in [0.5, 0.6) is 0 Å². The summed E-state index contributed by atoms with van der Waals surface area (Å²) in [5.74, 6) is 0.727. The van der Waals surface area contributed by atoms with Crippen LogP contribution in [0.25, 0.3) is 11.0 Å². The number of carbonyl (C=O) groups is 1. The number of benzene rings is 3. The van der Waals surface area contributed by atoms with E-state index in [2.05, 4.69) is 14.9 Å². The predicted octanol–water partition coefficient (Wildman–Crippen LogP) is 5.62. The molecule has 35 heavy (non-hydrogen) atoms. The molecule has 0 unspecified atom stereocenters. The Balaban J connectivity index is 1.53. The highest BCUT2D eigenvalue weighted by Crippen LogP contribution is 2.28. The number of hydrogen-bond donors (Lipinski definition) is 1. The van der Waals surface area contributed by atoms with Crippen LogP contribution in [0.1, 0.15) is 28.7 Å². The molecule has 0 aliphatic rings. The minimum atomic E-state index is -0.568. The van der Waals surface area contributed by atoms with Gasteiger partial charge >= 0.3 is 0 Å². The molecular weight excluding hydrogens is 456 g/mol. The molecule has 2 heterocycles. The minimum Gasteiger partial charge on any atom is -0.354 e. The molecule has 0 spiro atoms. The van der Waals surface area contributed by atoms with Gasteiger partial charge in [0.25, 0.3) is 0 Å². The maximum Gasteiger partial charge on any atom is 0.247 e. The number of nitrogens with zero attached hydrogens (tertiary/aromatic N) is 3. The molecule has 1 N–H and O–H groups in total. The van der Waals surface area contributed by atoms with E-state index >= 15 is 0 Å². The number of imidazole rings is 1. The van der Waals surface area contributed by atoms with Crippen LogP contribution in [-0.2, 0) is 17.6 Å². The first-order valence-corrected chi connectivity index (χ1v) is 12.0. The highest BCUT2D eigenvalue weighted by Gasteiger charge is 2.27. The topological polar surface area (TPSA) is 59.8 Å². The summed E-state index contributed by atoms with van der Waals surface area (Å²) < 4.78 is 2.06. The molecular formula is C29H25ClN4O. The summed E-state index contributed by atoms with van der Waals surface area (Å²) in [5.41, 5.74) is 4.65. The van der Waals surface area contributed by atoms with Crippen molar-refractivity contribution in [2.75, 3.05) is 6.54 Å². The fraction of sp³-hybridized carbons (Fsp3) is 0.138. The summed E-state index contributed by atoms with van der Waals surface area (Å²) in [5, 5.41) is 3.81. The average Bonchev–Trinajstić information content (AvgIpc) is 3.23. The third kappa shape index (κ3) is 5.26. The van der Waals surface area contributed by atoms with Crippen LogP contribution in [0, 0.1) is 0 Å². The van der Waals surface area contributed by atoms with Gasteiger partial charge in [-0.25, -0.2) is 4.98 Å². The van der Waals surface area contributed by atoms with Crippen molar-refractivity contribution < 1.29 is 4.79 Å². The Morgan fingerprint density at radius 1 is 0.914 bits per heavy atom. The van der Waals surface area contributed by atoms with E-state index in [1.165, 1.54) is 0 Å². The number of pyridine rings is 1. The van der Waals surface area contributed by atoms with Crippen molar-refractivity contribution in [3.05, 3.63) is 131 Å². The SMILES string of the molecule is O=C(NCCc1ccccn1)[C@@H](c1ccccc1)n1c(Cc2cccc(Cl)c2)nc2ccccc21. The Morgan fingerprint density at radius 2 is 1.71 bits per heavy atom. The molecule has 3 aromatic carbocycles. The number of fused-ring (bicyclic) bond motifs is 1. The van der Waals surface area contributed by atoms with Crippen molar-refractivity contribution in [1.82, 2.24) is 19.9 Å². The molecule has 0 fully saturated rings. The zero-order valence-corrected chi connectivity index (χ0v) is 19.9. The molecule has 1 atom stereocenters. The van der Waals surface area contributed by atoms with Gasteiger partial charge in [-0.3, -0.25) is 9.78 Å². The van der Waals surface area contributed by atoms with Crippen molar-refractivity contribution >= 4 is 28.5 Å². The van der Waals surface area contributed by atoms with Crippen molar-refractivity contribution in [2.45, 2.75) is 18.9 Å². The molecule has 2 aromatic heterocycles. The lowest BCUT2D eigenvalue weighted by Crippen LogP contribution is -2.35. The largest absolute Gasteiger partial charge is 0.354 e. The van der Waals surface area contributed by atoms with E-state index in [1.807, 2.05) is 97.1 Å². The van der Waals surface area contributed by atoms with Gasteiger partial charge in [0.05, 0.1) is 11.0 Å². The highest BCUT2D eigenvalue weighted by atomic mass is 35.5. The van der Waals surface area contributed by atoms with Crippen molar-refractivity contribution in [1.29, 1.82) is 0 Å². The Morgan fingerprint density at radius 3 is 2.51 bits per heavy atom. The zero-order chi connectivity index (χ0) is 24.0. The van der Waals surface area contributed by atoms with Gasteiger partial charge in [-0.2, -0.15) is 0 Å². The van der Waals surface area contributed by atoms with E-state index < -0.39 is 6.04 Å². The number of nitrogens with one attached hydrogen (secondary N) is 1. The van der Waals surface area contributed by atoms with Gasteiger partial charge in [0.2, 0.25) is 5.91 Å². The highest BCUT2D eigenvalue weighted by molar-refractivity contribution is 6.30. The average molecular weight is 481 g/mol. The number of halogens is 1. The normalized spacial score (nSPS) is 11.9. The molecule has 1 amide bonds. The van der Waals surface area contributed by atoms with Crippen LogP contribution in [0.3, 0.4) is 0 Å². The van der Waals surface area contributed by atoms with Gasteiger partial charge in [0.15, 0.2) is 0 Å². The van der Waals surface area contributed by atoms with E-state index in [0.29, 0.717) is 24.4 Å². The monoisotopic (exact) mass is 480 g/mol. The quantitative estimate of drug-likeness (QED) is 0.313. The molecule has 0 aliphatic heterocycles. The zero-order valence-electron chi connectivity index (χ0n) is 19.1. The lowest BCUT2D eigenvalue weighted by Gasteiger charge is -2.22. The molecule has 0 saturated carbocycles. The predicted molar refractivity (Wildman–Crippen MR) is 140 cm³/mol. The number of aromatic nitrogens is 3. The molecule has 5 rings (SSSR count). The van der Waals surface area contributed by atoms with Crippen molar-refractivity contribution in [3.8, 4) is 0 Å². The second kappa shape index (κ2) is 10.5. The van der Waals surface area contributed by atoms with Crippen LogP contribution in [0.15, 0.2) is 103 Å². The summed E-state index contributed by atoms with van der Waals surface area (Å²) in [6.07, 6.45) is 2.98. The van der Waals surface area contributed by atoms with Crippen molar-refractivity contribution in [2.24, 2.45) is 0 Å². The van der Waals surface area contributed by atoms with E-state index in [9.17, 15) is 4.79 Å². The van der Waals surface area contributed by atoms with E-state index in [1.54, 1.807) is 6.20 Å². The molecule has 6 heteroatoms. The van der Waals surface area contributed by atoms with Crippen LogP contribution in [0.2, 0.25) is 5.02 Å². The summed E-state index contributed by atoms with van der Waals surface area (Å²) in [6.45, 7) is 0.495. The van der Waals surface area contributed by atoms with Crippen LogP contribution < -0.4 is 5.32 Å². The molecule has 174 valence electrons.